The summed E-state index contributed by atoms with van der Waals surface area (Å²) in [5.41, 5.74) is 0.903. The number of anilines is 1. The van der Waals surface area contributed by atoms with E-state index in [1.807, 2.05) is 44.2 Å². The summed E-state index contributed by atoms with van der Waals surface area (Å²) in [4.78, 5) is 29.3. The van der Waals surface area contributed by atoms with E-state index < -0.39 is 0 Å². The highest BCUT2D eigenvalue weighted by Crippen LogP contribution is 2.39. The molecule has 5 nitrogen and oxygen atoms in total. The summed E-state index contributed by atoms with van der Waals surface area (Å²) >= 11 is 8.00. The summed E-state index contributed by atoms with van der Waals surface area (Å²) in [6.45, 7) is 6.49. The molecule has 0 radical (unpaired) electrons. The number of carbonyl (C=O) groups is 1. The summed E-state index contributed by atoms with van der Waals surface area (Å²) in [5, 5.41) is 6.53. The van der Waals surface area contributed by atoms with E-state index in [2.05, 4.69) is 12.0 Å². The molecule has 150 valence electrons. The van der Waals surface area contributed by atoms with Crippen LogP contribution in [0.3, 0.4) is 0 Å². The van der Waals surface area contributed by atoms with Crippen LogP contribution in [0.15, 0.2) is 52.2 Å². The topological polar surface area (TPSA) is 55.2 Å². The van der Waals surface area contributed by atoms with Gasteiger partial charge in [-0.1, -0.05) is 36.7 Å². The SMILES string of the molecule is CC(C)n1nc(C(=O)N2CC[C@@H](C)Sc3ccc(Cl)cc32)c2ccccc2c1=O. The Balaban J connectivity index is 1.91. The minimum Gasteiger partial charge on any atom is -0.306 e. The fourth-order valence-corrected chi connectivity index (χ4v) is 4.82. The molecule has 1 aliphatic rings. The van der Waals surface area contributed by atoms with Crippen molar-refractivity contribution >= 4 is 45.7 Å². The third kappa shape index (κ3) is 3.67. The predicted octanol–water partition coefficient (Wildman–Crippen LogP) is 5.16. The molecule has 0 bridgehead atoms. The van der Waals surface area contributed by atoms with Gasteiger partial charge in [0.05, 0.1) is 17.1 Å². The first-order valence-corrected chi connectivity index (χ1v) is 10.9. The molecule has 0 fully saturated rings. The van der Waals surface area contributed by atoms with Gasteiger partial charge in [-0.2, -0.15) is 5.10 Å². The number of hydrogen-bond acceptors (Lipinski definition) is 4. The van der Waals surface area contributed by atoms with Gasteiger partial charge in [0.1, 0.15) is 0 Å². The van der Waals surface area contributed by atoms with Crippen LogP contribution in [-0.2, 0) is 0 Å². The van der Waals surface area contributed by atoms with Crippen molar-refractivity contribution in [1.29, 1.82) is 0 Å². The van der Waals surface area contributed by atoms with Crippen LogP contribution in [0.4, 0.5) is 5.69 Å². The van der Waals surface area contributed by atoms with E-state index in [-0.39, 0.29) is 17.5 Å². The maximum absolute atomic E-state index is 13.7. The molecule has 1 aliphatic heterocycles. The Morgan fingerprint density at radius 2 is 1.93 bits per heavy atom. The standard InChI is InChI=1S/C22H22ClN3O2S/c1-13(2)26-21(27)17-7-5-4-6-16(17)20(24-26)22(28)25-11-10-14(3)29-19-9-8-15(23)12-18(19)25/h4-9,12-14H,10-11H2,1-3H3/t14-/m1/s1. The van der Waals surface area contributed by atoms with Gasteiger partial charge in [-0.15, -0.1) is 11.8 Å². The molecule has 4 rings (SSSR count). The molecule has 1 atom stereocenters. The maximum Gasteiger partial charge on any atom is 0.279 e. The minimum atomic E-state index is -0.214. The van der Waals surface area contributed by atoms with Gasteiger partial charge in [0.2, 0.25) is 0 Å². The summed E-state index contributed by atoms with van der Waals surface area (Å²) in [6, 6.07) is 12.7. The van der Waals surface area contributed by atoms with E-state index in [0.29, 0.717) is 33.3 Å². The molecule has 2 aromatic carbocycles. The Labute approximate surface area is 178 Å². The number of benzene rings is 2. The van der Waals surface area contributed by atoms with Crippen molar-refractivity contribution in [2.24, 2.45) is 0 Å². The number of aromatic nitrogens is 2. The first-order chi connectivity index (χ1) is 13.9. The van der Waals surface area contributed by atoms with Gasteiger partial charge in [-0.05, 0) is 44.5 Å². The molecule has 0 aliphatic carbocycles. The molecule has 29 heavy (non-hydrogen) atoms. The van der Waals surface area contributed by atoms with Crippen molar-refractivity contribution in [3.63, 3.8) is 0 Å². The molecule has 0 unspecified atom stereocenters. The van der Waals surface area contributed by atoms with Crippen molar-refractivity contribution in [3.8, 4) is 0 Å². The van der Waals surface area contributed by atoms with E-state index in [4.69, 9.17) is 11.6 Å². The number of amides is 1. The second-order valence-corrected chi connectivity index (χ2v) is 9.44. The van der Waals surface area contributed by atoms with E-state index in [1.54, 1.807) is 28.8 Å². The van der Waals surface area contributed by atoms with Crippen LogP contribution in [0.5, 0.6) is 0 Å². The molecule has 3 aromatic rings. The Morgan fingerprint density at radius 3 is 2.66 bits per heavy atom. The van der Waals surface area contributed by atoms with Gasteiger partial charge in [0.15, 0.2) is 5.69 Å². The molecule has 1 aromatic heterocycles. The number of nitrogens with zero attached hydrogens (tertiary/aromatic N) is 3. The Bertz CT molecular complexity index is 1160. The summed E-state index contributed by atoms with van der Waals surface area (Å²) in [7, 11) is 0. The van der Waals surface area contributed by atoms with Crippen LogP contribution in [0.2, 0.25) is 5.02 Å². The lowest BCUT2D eigenvalue weighted by atomic mass is 10.1. The Hall–Kier alpha value is -2.31. The lowest BCUT2D eigenvalue weighted by molar-refractivity contribution is 0.0981. The fourth-order valence-electron chi connectivity index (χ4n) is 3.56. The van der Waals surface area contributed by atoms with Crippen molar-refractivity contribution in [2.75, 3.05) is 11.4 Å². The van der Waals surface area contributed by atoms with Crippen LogP contribution in [0, 0.1) is 0 Å². The summed E-state index contributed by atoms with van der Waals surface area (Å²) < 4.78 is 1.39. The quantitative estimate of drug-likeness (QED) is 0.566. The number of hydrogen-bond donors (Lipinski definition) is 0. The number of halogens is 1. The maximum atomic E-state index is 13.7. The van der Waals surface area contributed by atoms with Gasteiger partial charge in [-0.25, -0.2) is 4.68 Å². The lowest BCUT2D eigenvalue weighted by Crippen LogP contribution is -2.36. The highest BCUT2D eigenvalue weighted by Gasteiger charge is 2.28. The number of rotatable bonds is 2. The highest BCUT2D eigenvalue weighted by atomic mass is 35.5. The zero-order chi connectivity index (χ0) is 20.7. The molecule has 7 heteroatoms. The molecule has 2 heterocycles. The third-order valence-electron chi connectivity index (χ3n) is 5.06. The second kappa shape index (κ2) is 7.84. The predicted molar refractivity (Wildman–Crippen MR) is 119 cm³/mol. The molecule has 0 saturated carbocycles. The molecule has 1 amide bonds. The van der Waals surface area contributed by atoms with Crippen LogP contribution in [0.25, 0.3) is 10.8 Å². The number of carbonyl (C=O) groups excluding carboxylic acids is 1. The van der Waals surface area contributed by atoms with Crippen LogP contribution < -0.4 is 10.5 Å². The van der Waals surface area contributed by atoms with Gasteiger partial charge in [-0.3, -0.25) is 9.59 Å². The second-order valence-electron chi connectivity index (χ2n) is 7.52. The van der Waals surface area contributed by atoms with E-state index >= 15 is 0 Å². The summed E-state index contributed by atoms with van der Waals surface area (Å²) in [6.07, 6.45) is 0.852. The van der Waals surface area contributed by atoms with E-state index in [0.717, 1.165) is 17.0 Å². The van der Waals surface area contributed by atoms with Crippen molar-refractivity contribution < 1.29 is 4.79 Å². The highest BCUT2D eigenvalue weighted by molar-refractivity contribution is 8.00. The van der Waals surface area contributed by atoms with Crippen molar-refractivity contribution in [2.45, 2.75) is 43.4 Å². The minimum absolute atomic E-state index is 0.153. The zero-order valence-corrected chi connectivity index (χ0v) is 18.1. The molecular formula is C22H22ClN3O2S. The number of thioether (sulfide) groups is 1. The zero-order valence-electron chi connectivity index (χ0n) is 16.6. The first kappa shape index (κ1) is 20.0. The van der Waals surface area contributed by atoms with Gasteiger partial charge in [0.25, 0.3) is 11.5 Å². The largest absolute Gasteiger partial charge is 0.306 e. The van der Waals surface area contributed by atoms with Gasteiger partial charge < -0.3 is 4.90 Å². The third-order valence-corrected chi connectivity index (χ3v) is 6.54. The molecular weight excluding hydrogens is 406 g/mol. The first-order valence-electron chi connectivity index (χ1n) is 9.66. The smallest absolute Gasteiger partial charge is 0.279 e. The van der Waals surface area contributed by atoms with Crippen molar-refractivity contribution in [1.82, 2.24) is 9.78 Å². The van der Waals surface area contributed by atoms with E-state index in [9.17, 15) is 9.59 Å². The average molecular weight is 428 g/mol. The fraction of sp³-hybridized carbons (Fsp3) is 0.318. The summed E-state index contributed by atoms with van der Waals surface area (Å²) in [5.74, 6) is -0.214. The Morgan fingerprint density at radius 1 is 1.21 bits per heavy atom. The number of fused-ring (bicyclic) bond motifs is 2. The van der Waals surface area contributed by atoms with Crippen LogP contribution >= 0.6 is 23.4 Å². The normalized spacial score (nSPS) is 16.7. The lowest BCUT2D eigenvalue weighted by Gasteiger charge is -2.23. The van der Waals surface area contributed by atoms with Crippen LogP contribution in [0.1, 0.15) is 43.7 Å². The van der Waals surface area contributed by atoms with E-state index in [1.165, 1.54) is 4.68 Å². The van der Waals surface area contributed by atoms with Gasteiger partial charge >= 0.3 is 0 Å². The van der Waals surface area contributed by atoms with Crippen molar-refractivity contribution in [3.05, 3.63) is 63.5 Å². The molecule has 0 spiro atoms. The van der Waals surface area contributed by atoms with Gasteiger partial charge in [0, 0.05) is 27.1 Å². The average Bonchev–Trinajstić information content (AvgIpc) is 2.86. The van der Waals surface area contributed by atoms with Crippen LogP contribution in [-0.4, -0.2) is 27.5 Å². The molecule has 0 saturated heterocycles. The molecule has 0 N–H and O–H groups in total. The monoisotopic (exact) mass is 427 g/mol. The Kier molecular flexibility index (Phi) is 5.40.